The van der Waals surface area contributed by atoms with Gasteiger partial charge in [-0.25, -0.2) is 9.02 Å². The van der Waals surface area contributed by atoms with Gasteiger partial charge in [0.2, 0.25) is 5.78 Å². The molecule has 0 fully saturated rings. The summed E-state index contributed by atoms with van der Waals surface area (Å²) in [6.45, 7) is 0. The Morgan fingerprint density at radius 3 is 2.47 bits per heavy atom. The van der Waals surface area contributed by atoms with Gasteiger partial charge in [0.25, 0.3) is 0 Å². The van der Waals surface area contributed by atoms with Crippen LogP contribution in [0.25, 0.3) is 0 Å². The zero-order chi connectivity index (χ0) is 10.8. The molecule has 6 heteroatoms. The van der Waals surface area contributed by atoms with Crippen LogP contribution < -0.4 is 5.73 Å². The molecule has 0 bridgehead atoms. The van der Waals surface area contributed by atoms with Crippen molar-refractivity contribution in [2.24, 2.45) is 0 Å². The lowest BCUT2D eigenvalue weighted by molar-refractivity contribution is 0.103. The number of nitrogens with two attached hydrogens (primary N) is 1. The van der Waals surface area contributed by atoms with Crippen LogP contribution >= 0.6 is 0 Å². The maximum atomic E-state index is 12.6. The highest BCUT2D eigenvalue weighted by Crippen LogP contribution is 2.12. The molecule has 0 aliphatic heterocycles. The zero-order valence-corrected chi connectivity index (χ0v) is 7.48. The number of rotatable bonds is 2. The first-order valence-corrected chi connectivity index (χ1v) is 4.07. The highest BCUT2D eigenvalue weighted by molar-refractivity contribution is 6.09. The Kier molecular flexibility index (Phi) is 2.17. The second kappa shape index (κ2) is 3.49. The van der Waals surface area contributed by atoms with E-state index in [1.165, 1.54) is 24.3 Å². The minimum Gasteiger partial charge on any atom is -0.379 e. The number of halogens is 1. The van der Waals surface area contributed by atoms with Gasteiger partial charge in [0.15, 0.2) is 11.5 Å². The molecule has 0 aliphatic rings. The first-order valence-electron chi connectivity index (χ1n) is 4.07. The van der Waals surface area contributed by atoms with Crippen molar-refractivity contribution < 1.29 is 13.8 Å². The molecule has 76 valence electrons. The van der Waals surface area contributed by atoms with Gasteiger partial charge in [-0.1, -0.05) is 0 Å². The Morgan fingerprint density at radius 1 is 1.27 bits per heavy atom. The summed E-state index contributed by atoms with van der Waals surface area (Å²) in [4.78, 5) is 11.7. The van der Waals surface area contributed by atoms with Gasteiger partial charge < -0.3 is 5.73 Å². The van der Waals surface area contributed by atoms with E-state index >= 15 is 0 Å². The Morgan fingerprint density at radius 2 is 1.93 bits per heavy atom. The zero-order valence-electron chi connectivity index (χ0n) is 7.48. The summed E-state index contributed by atoms with van der Waals surface area (Å²) in [6.07, 6.45) is 0. The molecule has 1 heterocycles. The molecule has 0 amide bonds. The van der Waals surface area contributed by atoms with E-state index in [-0.39, 0.29) is 17.1 Å². The Balaban J connectivity index is 2.37. The highest BCUT2D eigenvalue weighted by Gasteiger charge is 2.17. The Hall–Kier alpha value is -2.24. The molecule has 2 rings (SSSR count). The molecule has 2 N–H and O–H groups in total. The first-order chi connectivity index (χ1) is 7.18. The first kappa shape index (κ1) is 9.32. The van der Waals surface area contributed by atoms with Crippen molar-refractivity contribution in [3.05, 3.63) is 41.3 Å². The summed E-state index contributed by atoms with van der Waals surface area (Å²) in [5.74, 6) is -0.948. The third-order valence-electron chi connectivity index (χ3n) is 1.84. The molecule has 0 saturated heterocycles. The smallest absolute Gasteiger partial charge is 0.218 e. The lowest BCUT2D eigenvalue weighted by atomic mass is 10.1. The Labute approximate surface area is 83.7 Å². The topological polar surface area (TPSA) is 82.0 Å². The number of ketones is 1. The SMILES string of the molecule is Nc1nonc1C(=O)c1ccc(F)cc1. The minimum atomic E-state index is -0.450. The predicted octanol–water partition coefficient (Wildman–Crippen LogP) is 1.02. The summed E-state index contributed by atoms with van der Waals surface area (Å²) in [5, 5.41) is 6.64. The van der Waals surface area contributed by atoms with E-state index in [1.54, 1.807) is 0 Å². The monoisotopic (exact) mass is 207 g/mol. The summed E-state index contributed by atoms with van der Waals surface area (Å²) in [6, 6.07) is 5.03. The molecule has 0 saturated carbocycles. The molecule has 5 nitrogen and oxygen atoms in total. The standard InChI is InChI=1S/C9H6FN3O2/c10-6-3-1-5(2-4-6)8(14)7-9(11)13-15-12-7/h1-4H,(H2,11,13). The average Bonchev–Trinajstić information content (AvgIpc) is 2.65. The van der Waals surface area contributed by atoms with Gasteiger partial charge in [0.1, 0.15) is 5.82 Å². The highest BCUT2D eigenvalue weighted by atomic mass is 19.1. The molecule has 0 radical (unpaired) electrons. The number of hydrogen-bond acceptors (Lipinski definition) is 5. The molecular formula is C9H6FN3O2. The van der Waals surface area contributed by atoms with Crippen molar-refractivity contribution >= 4 is 11.6 Å². The lowest BCUT2D eigenvalue weighted by Crippen LogP contribution is -2.05. The number of benzene rings is 1. The van der Waals surface area contributed by atoms with Gasteiger partial charge in [-0.05, 0) is 34.6 Å². The number of carbonyl (C=O) groups excluding carboxylic acids is 1. The lowest BCUT2D eigenvalue weighted by Gasteiger charge is -1.96. The van der Waals surface area contributed by atoms with Gasteiger partial charge in [-0.3, -0.25) is 4.79 Å². The van der Waals surface area contributed by atoms with Crippen molar-refractivity contribution in [2.45, 2.75) is 0 Å². The second-order valence-electron chi connectivity index (χ2n) is 2.83. The Bertz CT molecular complexity index is 492. The molecule has 0 unspecified atom stereocenters. The molecule has 2 aromatic rings. The van der Waals surface area contributed by atoms with Crippen LogP contribution in [0.1, 0.15) is 16.1 Å². The van der Waals surface area contributed by atoms with Crippen LogP contribution in [0.15, 0.2) is 28.9 Å². The van der Waals surface area contributed by atoms with E-state index in [2.05, 4.69) is 14.9 Å². The normalized spacial score (nSPS) is 10.2. The number of nitrogens with zero attached hydrogens (tertiary/aromatic N) is 2. The quantitative estimate of drug-likeness (QED) is 0.743. The van der Waals surface area contributed by atoms with Crippen molar-refractivity contribution in [3.63, 3.8) is 0 Å². The van der Waals surface area contributed by atoms with E-state index in [4.69, 9.17) is 5.73 Å². The van der Waals surface area contributed by atoms with E-state index in [0.717, 1.165) is 0 Å². The molecule has 0 atom stereocenters. The van der Waals surface area contributed by atoms with Gasteiger partial charge in [-0.15, -0.1) is 0 Å². The van der Waals surface area contributed by atoms with Crippen LogP contribution in [-0.2, 0) is 0 Å². The van der Waals surface area contributed by atoms with Crippen LogP contribution in [0.2, 0.25) is 0 Å². The summed E-state index contributed by atoms with van der Waals surface area (Å²) in [7, 11) is 0. The molecule has 15 heavy (non-hydrogen) atoms. The van der Waals surface area contributed by atoms with Crippen molar-refractivity contribution in [1.82, 2.24) is 10.3 Å². The second-order valence-corrected chi connectivity index (χ2v) is 2.83. The number of anilines is 1. The van der Waals surface area contributed by atoms with Crippen molar-refractivity contribution in [3.8, 4) is 0 Å². The number of carbonyl (C=O) groups is 1. The van der Waals surface area contributed by atoms with Crippen molar-refractivity contribution in [2.75, 3.05) is 5.73 Å². The van der Waals surface area contributed by atoms with E-state index < -0.39 is 11.6 Å². The molecule has 0 aliphatic carbocycles. The van der Waals surface area contributed by atoms with Crippen LogP contribution in [-0.4, -0.2) is 16.1 Å². The van der Waals surface area contributed by atoms with Crippen LogP contribution in [0, 0.1) is 5.82 Å². The third-order valence-corrected chi connectivity index (χ3v) is 1.84. The van der Waals surface area contributed by atoms with Crippen molar-refractivity contribution in [1.29, 1.82) is 0 Å². The predicted molar refractivity (Wildman–Crippen MR) is 48.5 cm³/mol. The van der Waals surface area contributed by atoms with Gasteiger partial charge in [-0.2, -0.15) is 0 Å². The molecule has 1 aromatic heterocycles. The minimum absolute atomic E-state index is 0.0680. The molecular weight excluding hydrogens is 201 g/mol. The maximum absolute atomic E-state index is 12.6. The van der Waals surface area contributed by atoms with E-state index in [1.807, 2.05) is 0 Å². The van der Waals surface area contributed by atoms with Gasteiger partial charge in [0.05, 0.1) is 0 Å². The van der Waals surface area contributed by atoms with E-state index in [9.17, 15) is 9.18 Å². The fourth-order valence-electron chi connectivity index (χ4n) is 1.09. The van der Waals surface area contributed by atoms with E-state index in [0.29, 0.717) is 0 Å². The number of aromatic nitrogens is 2. The summed E-state index contributed by atoms with van der Waals surface area (Å²) in [5.41, 5.74) is 5.56. The summed E-state index contributed by atoms with van der Waals surface area (Å²) >= 11 is 0. The summed E-state index contributed by atoms with van der Waals surface area (Å²) < 4.78 is 16.9. The number of nitrogen functional groups attached to an aromatic ring is 1. The van der Waals surface area contributed by atoms with Crippen LogP contribution in [0.4, 0.5) is 10.2 Å². The van der Waals surface area contributed by atoms with Gasteiger partial charge >= 0.3 is 0 Å². The number of hydrogen-bond donors (Lipinski definition) is 1. The fraction of sp³-hybridized carbons (Fsp3) is 0. The van der Waals surface area contributed by atoms with Gasteiger partial charge in [0, 0.05) is 5.56 Å². The molecule has 1 aromatic carbocycles. The maximum Gasteiger partial charge on any atom is 0.218 e. The largest absolute Gasteiger partial charge is 0.379 e. The third kappa shape index (κ3) is 1.69. The van der Waals surface area contributed by atoms with Crippen LogP contribution in [0.5, 0.6) is 0 Å². The van der Waals surface area contributed by atoms with Crippen LogP contribution in [0.3, 0.4) is 0 Å². The molecule has 0 spiro atoms. The average molecular weight is 207 g/mol. The fourth-order valence-corrected chi connectivity index (χ4v) is 1.09.